The van der Waals surface area contributed by atoms with Crippen LogP contribution >= 0.6 is 0 Å². The Balaban J connectivity index is 1.87. The molecule has 1 aliphatic rings. The summed E-state index contributed by atoms with van der Waals surface area (Å²) in [6.07, 6.45) is 4.84. The Morgan fingerprint density at radius 2 is 1.95 bits per heavy atom. The van der Waals surface area contributed by atoms with Crippen molar-refractivity contribution < 1.29 is 4.42 Å². The molecule has 2 nitrogen and oxygen atoms in total. The predicted octanol–water partition coefficient (Wildman–Crippen LogP) is 5.09. The van der Waals surface area contributed by atoms with Crippen molar-refractivity contribution in [3.05, 3.63) is 36.1 Å². The monoisotopic (exact) mass is 285 g/mol. The van der Waals surface area contributed by atoms with Crippen LogP contribution in [-0.4, -0.2) is 12.6 Å². The number of nitrogens with one attached hydrogen (secondary N) is 1. The van der Waals surface area contributed by atoms with Gasteiger partial charge in [-0.3, -0.25) is 0 Å². The molecule has 0 radical (unpaired) electrons. The highest BCUT2D eigenvalue weighted by Crippen LogP contribution is 2.57. The van der Waals surface area contributed by atoms with Crippen molar-refractivity contribution >= 4 is 11.0 Å². The Bertz CT molecular complexity index is 563. The Morgan fingerprint density at radius 3 is 2.62 bits per heavy atom. The van der Waals surface area contributed by atoms with Gasteiger partial charge in [0.1, 0.15) is 11.3 Å². The topological polar surface area (TPSA) is 25.2 Å². The van der Waals surface area contributed by atoms with E-state index in [1.165, 1.54) is 36.8 Å². The minimum absolute atomic E-state index is 0.364. The van der Waals surface area contributed by atoms with E-state index < -0.39 is 0 Å². The smallest absolute Gasteiger partial charge is 0.134 e. The molecule has 1 aromatic heterocycles. The minimum atomic E-state index is 0.364. The molecule has 1 heterocycles. The fraction of sp³-hybridized carbons (Fsp3) is 0.579. The van der Waals surface area contributed by atoms with Crippen LogP contribution in [0.4, 0.5) is 0 Å². The molecule has 2 unspecified atom stereocenters. The molecule has 114 valence electrons. The molecule has 1 aromatic carbocycles. The quantitative estimate of drug-likeness (QED) is 0.799. The second-order valence-corrected chi connectivity index (χ2v) is 6.42. The second kappa shape index (κ2) is 5.84. The Morgan fingerprint density at radius 1 is 1.19 bits per heavy atom. The zero-order chi connectivity index (χ0) is 14.9. The molecule has 2 aromatic rings. The van der Waals surface area contributed by atoms with E-state index in [0.717, 1.165) is 12.1 Å². The van der Waals surface area contributed by atoms with Crippen molar-refractivity contribution in [3.8, 4) is 0 Å². The summed E-state index contributed by atoms with van der Waals surface area (Å²) in [5.41, 5.74) is 1.39. The van der Waals surface area contributed by atoms with Gasteiger partial charge in [-0.05, 0) is 49.8 Å². The van der Waals surface area contributed by atoms with Crippen LogP contribution in [0.1, 0.15) is 58.1 Å². The summed E-state index contributed by atoms with van der Waals surface area (Å²) >= 11 is 0. The highest BCUT2D eigenvalue weighted by Gasteiger charge is 2.53. The maximum atomic E-state index is 6.16. The number of para-hydroxylation sites is 1. The van der Waals surface area contributed by atoms with Gasteiger partial charge in [0.05, 0.1) is 0 Å². The van der Waals surface area contributed by atoms with Gasteiger partial charge in [-0.2, -0.15) is 0 Å². The highest BCUT2D eigenvalue weighted by atomic mass is 16.3. The first-order chi connectivity index (χ1) is 10.2. The van der Waals surface area contributed by atoms with Crippen molar-refractivity contribution in [2.45, 2.75) is 58.4 Å². The summed E-state index contributed by atoms with van der Waals surface area (Å²) in [5, 5.41) is 4.99. The van der Waals surface area contributed by atoms with Gasteiger partial charge in [-0.1, -0.05) is 39.0 Å². The molecule has 2 heteroatoms. The van der Waals surface area contributed by atoms with Gasteiger partial charge in [-0.15, -0.1) is 0 Å². The van der Waals surface area contributed by atoms with E-state index in [1.54, 1.807) is 0 Å². The van der Waals surface area contributed by atoms with Gasteiger partial charge in [-0.25, -0.2) is 0 Å². The molecule has 0 aliphatic heterocycles. The van der Waals surface area contributed by atoms with Crippen molar-refractivity contribution in [2.75, 3.05) is 6.54 Å². The number of hydrogen-bond donors (Lipinski definition) is 1. The summed E-state index contributed by atoms with van der Waals surface area (Å²) in [4.78, 5) is 0. The average molecular weight is 285 g/mol. The molecule has 1 saturated carbocycles. The summed E-state index contributed by atoms with van der Waals surface area (Å²) in [6, 6.07) is 11.3. The van der Waals surface area contributed by atoms with Crippen LogP contribution in [0.25, 0.3) is 11.0 Å². The van der Waals surface area contributed by atoms with E-state index in [9.17, 15) is 0 Å². The molecule has 0 saturated heterocycles. The van der Waals surface area contributed by atoms with Crippen LogP contribution in [0.2, 0.25) is 0 Å². The van der Waals surface area contributed by atoms with Crippen molar-refractivity contribution in [1.82, 2.24) is 5.32 Å². The second-order valence-electron chi connectivity index (χ2n) is 6.42. The van der Waals surface area contributed by atoms with Gasteiger partial charge >= 0.3 is 0 Å². The van der Waals surface area contributed by atoms with Crippen molar-refractivity contribution in [3.63, 3.8) is 0 Å². The summed E-state index contributed by atoms with van der Waals surface area (Å²) in [5.74, 6) is 1.75. The lowest BCUT2D eigenvalue weighted by Gasteiger charge is -2.55. The van der Waals surface area contributed by atoms with E-state index in [2.05, 4.69) is 56.4 Å². The number of hydrogen-bond acceptors (Lipinski definition) is 2. The molecule has 0 spiro atoms. The summed E-state index contributed by atoms with van der Waals surface area (Å²) in [7, 11) is 0. The van der Waals surface area contributed by atoms with E-state index in [-0.39, 0.29) is 0 Å². The lowest BCUT2D eigenvalue weighted by atomic mass is 9.53. The maximum absolute atomic E-state index is 6.16. The van der Waals surface area contributed by atoms with Gasteiger partial charge in [0.25, 0.3) is 0 Å². The van der Waals surface area contributed by atoms with E-state index in [1.807, 2.05) is 0 Å². The summed E-state index contributed by atoms with van der Waals surface area (Å²) in [6.45, 7) is 8.03. The first kappa shape index (κ1) is 14.6. The fourth-order valence-electron chi connectivity index (χ4n) is 4.20. The van der Waals surface area contributed by atoms with Crippen LogP contribution < -0.4 is 5.32 Å². The first-order valence-corrected chi connectivity index (χ1v) is 8.47. The Labute approximate surface area is 127 Å². The van der Waals surface area contributed by atoms with Crippen molar-refractivity contribution in [1.29, 1.82) is 0 Å². The zero-order valence-electron chi connectivity index (χ0n) is 13.5. The standard InChI is InChI=1S/C19H27NO/c1-4-11-20-18-13-15(19(18,5-2)6-3)17-12-14-9-7-8-10-16(14)21-17/h7-10,12,15,18,20H,4-6,11,13H2,1-3H3. The van der Waals surface area contributed by atoms with Crippen LogP contribution in [0.15, 0.2) is 34.7 Å². The largest absolute Gasteiger partial charge is 0.461 e. The van der Waals surface area contributed by atoms with Gasteiger partial charge in [0, 0.05) is 17.3 Å². The number of benzene rings is 1. The third-order valence-corrected chi connectivity index (χ3v) is 5.60. The number of fused-ring (bicyclic) bond motifs is 1. The van der Waals surface area contributed by atoms with Gasteiger partial charge in [0.2, 0.25) is 0 Å². The molecule has 0 amide bonds. The molecule has 3 rings (SSSR count). The van der Waals surface area contributed by atoms with E-state index in [0.29, 0.717) is 17.4 Å². The highest BCUT2D eigenvalue weighted by molar-refractivity contribution is 5.77. The third-order valence-electron chi connectivity index (χ3n) is 5.60. The zero-order valence-corrected chi connectivity index (χ0v) is 13.5. The first-order valence-electron chi connectivity index (χ1n) is 8.47. The molecule has 2 atom stereocenters. The predicted molar refractivity (Wildman–Crippen MR) is 88.7 cm³/mol. The van der Waals surface area contributed by atoms with E-state index >= 15 is 0 Å². The molecular weight excluding hydrogens is 258 g/mol. The van der Waals surface area contributed by atoms with Crippen LogP contribution in [0.3, 0.4) is 0 Å². The van der Waals surface area contributed by atoms with Crippen LogP contribution in [-0.2, 0) is 0 Å². The Hall–Kier alpha value is -1.28. The summed E-state index contributed by atoms with van der Waals surface area (Å²) < 4.78 is 6.16. The number of furan rings is 1. The molecule has 0 bridgehead atoms. The van der Waals surface area contributed by atoms with Crippen molar-refractivity contribution in [2.24, 2.45) is 5.41 Å². The molecule has 1 fully saturated rings. The normalized spacial score (nSPS) is 24.1. The van der Waals surface area contributed by atoms with Crippen LogP contribution in [0, 0.1) is 5.41 Å². The molecule has 1 N–H and O–H groups in total. The fourth-order valence-corrected chi connectivity index (χ4v) is 4.20. The number of rotatable bonds is 6. The average Bonchev–Trinajstić information content (AvgIpc) is 2.91. The lowest BCUT2D eigenvalue weighted by Crippen LogP contribution is -2.58. The van der Waals surface area contributed by atoms with Gasteiger partial charge < -0.3 is 9.73 Å². The maximum Gasteiger partial charge on any atom is 0.134 e. The SMILES string of the molecule is CCCNC1CC(c2cc3ccccc3o2)C1(CC)CC. The minimum Gasteiger partial charge on any atom is -0.461 e. The van der Waals surface area contributed by atoms with E-state index in [4.69, 9.17) is 4.42 Å². The Kier molecular flexibility index (Phi) is 4.08. The molecule has 1 aliphatic carbocycles. The third kappa shape index (κ3) is 2.30. The molecular formula is C19H27NO. The molecule has 21 heavy (non-hydrogen) atoms. The van der Waals surface area contributed by atoms with Gasteiger partial charge in [0.15, 0.2) is 0 Å². The lowest BCUT2D eigenvalue weighted by molar-refractivity contribution is 0.00999. The van der Waals surface area contributed by atoms with Crippen LogP contribution in [0.5, 0.6) is 0 Å².